The van der Waals surface area contributed by atoms with E-state index in [4.69, 9.17) is 4.74 Å². The normalized spacial score (nSPS) is 17.5. The Kier molecular flexibility index (Phi) is 5.41. The summed E-state index contributed by atoms with van der Waals surface area (Å²) in [4.78, 5) is 12.1. The molecule has 0 spiro atoms. The summed E-state index contributed by atoms with van der Waals surface area (Å²) in [6, 6.07) is 7.53. The highest BCUT2D eigenvalue weighted by Gasteiger charge is 2.21. The maximum absolute atomic E-state index is 12.1. The first-order chi connectivity index (χ1) is 9.70. The average molecular weight is 277 g/mol. The van der Waals surface area contributed by atoms with Gasteiger partial charge in [0.15, 0.2) is 6.10 Å². The van der Waals surface area contributed by atoms with Crippen LogP contribution in [0.1, 0.15) is 44.6 Å². The van der Waals surface area contributed by atoms with Crippen LogP contribution >= 0.6 is 0 Å². The summed E-state index contributed by atoms with van der Waals surface area (Å²) >= 11 is 0. The van der Waals surface area contributed by atoms with Crippen molar-refractivity contribution in [1.29, 1.82) is 0 Å². The van der Waals surface area contributed by atoms with Gasteiger partial charge in [0.25, 0.3) is 5.91 Å². The smallest absolute Gasteiger partial charge is 0.260 e. The molecule has 0 heterocycles. The maximum Gasteiger partial charge on any atom is 0.260 e. The van der Waals surface area contributed by atoms with Gasteiger partial charge in [-0.1, -0.05) is 37.5 Å². The standard InChI is InChI=1S/C16H23NO3/c1-12(16(19)17-14-8-3-2-4-9-14)20-15-10-6-5-7-13(15)11-18/h5-7,10,12,14,18H,2-4,8-9,11H2,1H3,(H,17,19). The average Bonchev–Trinajstić information content (AvgIpc) is 2.48. The molecule has 1 saturated carbocycles. The van der Waals surface area contributed by atoms with Crippen molar-refractivity contribution in [3.63, 3.8) is 0 Å². The molecular weight excluding hydrogens is 254 g/mol. The molecule has 0 aromatic heterocycles. The molecule has 1 aliphatic rings. The molecule has 1 unspecified atom stereocenters. The summed E-state index contributed by atoms with van der Waals surface area (Å²) in [6.45, 7) is 1.65. The molecule has 1 aromatic rings. The van der Waals surface area contributed by atoms with Gasteiger partial charge in [-0.3, -0.25) is 4.79 Å². The van der Waals surface area contributed by atoms with Crippen molar-refractivity contribution < 1.29 is 14.6 Å². The zero-order valence-corrected chi connectivity index (χ0v) is 12.0. The van der Waals surface area contributed by atoms with Crippen LogP contribution < -0.4 is 10.1 Å². The Morgan fingerprint density at radius 2 is 2.05 bits per heavy atom. The number of nitrogens with one attached hydrogen (secondary N) is 1. The highest BCUT2D eigenvalue weighted by molar-refractivity contribution is 5.81. The number of amides is 1. The fourth-order valence-electron chi connectivity index (χ4n) is 2.56. The quantitative estimate of drug-likeness (QED) is 0.869. The Morgan fingerprint density at radius 3 is 2.75 bits per heavy atom. The van der Waals surface area contributed by atoms with E-state index in [9.17, 15) is 9.90 Å². The van der Waals surface area contributed by atoms with Gasteiger partial charge in [-0.05, 0) is 25.8 Å². The molecular formula is C16H23NO3. The number of ether oxygens (including phenoxy) is 1. The van der Waals surface area contributed by atoms with E-state index in [-0.39, 0.29) is 18.6 Å². The van der Waals surface area contributed by atoms with Crippen LogP contribution in [-0.2, 0) is 11.4 Å². The lowest BCUT2D eigenvalue weighted by Gasteiger charge is -2.25. The third kappa shape index (κ3) is 3.97. The number of aliphatic hydroxyl groups is 1. The Morgan fingerprint density at radius 1 is 1.35 bits per heavy atom. The molecule has 1 aromatic carbocycles. The molecule has 110 valence electrons. The van der Waals surface area contributed by atoms with Crippen molar-refractivity contribution in [2.75, 3.05) is 0 Å². The van der Waals surface area contributed by atoms with Crippen LogP contribution in [0.3, 0.4) is 0 Å². The van der Waals surface area contributed by atoms with E-state index in [1.807, 2.05) is 12.1 Å². The van der Waals surface area contributed by atoms with Crippen molar-refractivity contribution in [1.82, 2.24) is 5.32 Å². The molecule has 1 aliphatic carbocycles. The van der Waals surface area contributed by atoms with Gasteiger partial charge in [-0.25, -0.2) is 0 Å². The van der Waals surface area contributed by atoms with Gasteiger partial charge in [0, 0.05) is 11.6 Å². The predicted octanol–water partition coefficient (Wildman–Crippen LogP) is 2.40. The fraction of sp³-hybridized carbons (Fsp3) is 0.562. The lowest BCUT2D eigenvalue weighted by Crippen LogP contribution is -2.43. The number of benzene rings is 1. The zero-order chi connectivity index (χ0) is 14.4. The fourth-order valence-corrected chi connectivity index (χ4v) is 2.56. The van der Waals surface area contributed by atoms with Gasteiger partial charge in [-0.2, -0.15) is 0 Å². The molecule has 4 nitrogen and oxygen atoms in total. The molecule has 0 bridgehead atoms. The minimum absolute atomic E-state index is 0.0790. The molecule has 2 rings (SSSR count). The SMILES string of the molecule is CC(Oc1ccccc1CO)C(=O)NC1CCCCC1. The summed E-state index contributed by atoms with van der Waals surface area (Å²) in [5.41, 5.74) is 0.699. The maximum atomic E-state index is 12.1. The van der Waals surface area contributed by atoms with E-state index >= 15 is 0 Å². The summed E-state index contributed by atoms with van der Waals surface area (Å²) in [6.07, 6.45) is 5.21. The molecule has 1 amide bonds. The van der Waals surface area contributed by atoms with E-state index in [0.29, 0.717) is 11.3 Å². The molecule has 2 N–H and O–H groups in total. The van der Waals surface area contributed by atoms with Gasteiger partial charge < -0.3 is 15.2 Å². The van der Waals surface area contributed by atoms with Gasteiger partial charge >= 0.3 is 0 Å². The summed E-state index contributed by atoms with van der Waals surface area (Å²) in [7, 11) is 0. The number of hydrogen-bond donors (Lipinski definition) is 2. The summed E-state index contributed by atoms with van der Waals surface area (Å²) in [5.74, 6) is 0.492. The monoisotopic (exact) mass is 277 g/mol. The Labute approximate surface area is 120 Å². The highest BCUT2D eigenvalue weighted by atomic mass is 16.5. The second-order valence-electron chi connectivity index (χ2n) is 5.37. The highest BCUT2D eigenvalue weighted by Crippen LogP contribution is 2.20. The Balaban J connectivity index is 1.89. The van der Waals surface area contributed by atoms with Crippen LogP contribution in [0.15, 0.2) is 24.3 Å². The second-order valence-corrected chi connectivity index (χ2v) is 5.37. The summed E-state index contributed by atoms with van der Waals surface area (Å²) < 4.78 is 5.67. The van der Waals surface area contributed by atoms with Crippen LogP contribution in [0.2, 0.25) is 0 Å². The minimum atomic E-state index is -0.551. The Hall–Kier alpha value is -1.55. The third-order valence-electron chi connectivity index (χ3n) is 3.77. The molecule has 4 heteroatoms. The van der Waals surface area contributed by atoms with Crippen molar-refractivity contribution in [3.05, 3.63) is 29.8 Å². The zero-order valence-electron chi connectivity index (χ0n) is 12.0. The number of para-hydroxylation sites is 1. The van der Waals surface area contributed by atoms with E-state index in [1.54, 1.807) is 19.1 Å². The van der Waals surface area contributed by atoms with Crippen LogP contribution in [0, 0.1) is 0 Å². The first-order valence-corrected chi connectivity index (χ1v) is 7.36. The van der Waals surface area contributed by atoms with Crippen molar-refractivity contribution in [3.8, 4) is 5.75 Å². The molecule has 20 heavy (non-hydrogen) atoms. The Bertz CT molecular complexity index is 441. The van der Waals surface area contributed by atoms with Crippen LogP contribution in [-0.4, -0.2) is 23.2 Å². The van der Waals surface area contributed by atoms with Gasteiger partial charge in [-0.15, -0.1) is 0 Å². The predicted molar refractivity (Wildman–Crippen MR) is 77.5 cm³/mol. The van der Waals surface area contributed by atoms with Crippen molar-refractivity contribution in [2.24, 2.45) is 0 Å². The number of rotatable bonds is 5. The van der Waals surface area contributed by atoms with Gasteiger partial charge in [0.2, 0.25) is 0 Å². The first kappa shape index (κ1) is 14.9. The van der Waals surface area contributed by atoms with E-state index in [1.165, 1.54) is 19.3 Å². The molecule has 1 atom stereocenters. The van der Waals surface area contributed by atoms with E-state index in [2.05, 4.69) is 5.32 Å². The second kappa shape index (κ2) is 7.29. The number of carbonyl (C=O) groups excluding carboxylic acids is 1. The van der Waals surface area contributed by atoms with Gasteiger partial charge in [0.1, 0.15) is 5.75 Å². The molecule has 0 aliphatic heterocycles. The van der Waals surface area contributed by atoms with Crippen molar-refractivity contribution in [2.45, 2.75) is 57.8 Å². The van der Waals surface area contributed by atoms with E-state index in [0.717, 1.165) is 12.8 Å². The summed E-state index contributed by atoms with van der Waals surface area (Å²) in [5, 5.41) is 12.3. The lowest BCUT2D eigenvalue weighted by molar-refractivity contribution is -0.128. The topological polar surface area (TPSA) is 58.6 Å². The van der Waals surface area contributed by atoms with Crippen LogP contribution in [0.5, 0.6) is 5.75 Å². The van der Waals surface area contributed by atoms with Crippen LogP contribution in [0.25, 0.3) is 0 Å². The molecule has 0 saturated heterocycles. The number of carbonyl (C=O) groups is 1. The third-order valence-corrected chi connectivity index (χ3v) is 3.77. The van der Waals surface area contributed by atoms with Crippen molar-refractivity contribution >= 4 is 5.91 Å². The number of hydrogen-bond acceptors (Lipinski definition) is 3. The molecule has 1 fully saturated rings. The first-order valence-electron chi connectivity index (χ1n) is 7.36. The molecule has 0 radical (unpaired) electrons. The van der Waals surface area contributed by atoms with Gasteiger partial charge in [0.05, 0.1) is 6.61 Å². The minimum Gasteiger partial charge on any atom is -0.481 e. The van der Waals surface area contributed by atoms with Crippen LogP contribution in [0.4, 0.5) is 0 Å². The lowest BCUT2D eigenvalue weighted by atomic mass is 9.95. The van der Waals surface area contributed by atoms with E-state index < -0.39 is 6.10 Å². The largest absolute Gasteiger partial charge is 0.481 e. The number of aliphatic hydroxyl groups excluding tert-OH is 1.